The van der Waals surface area contributed by atoms with E-state index in [1.165, 1.54) is 0 Å². The van der Waals surface area contributed by atoms with Crippen molar-refractivity contribution in [1.82, 2.24) is 4.90 Å². The molecule has 0 aromatic heterocycles. The van der Waals surface area contributed by atoms with Crippen LogP contribution in [0.1, 0.15) is 30.1 Å². The Kier molecular flexibility index (Phi) is 4.54. The third-order valence-electron chi connectivity index (χ3n) is 3.61. The van der Waals surface area contributed by atoms with E-state index in [4.69, 9.17) is 16.3 Å². The van der Waals surface area contributed by atoms with Gasteiger partial charge in [0, 0.05) is 30.2 Å². The predicted octanol–water partition coefficient (Wildman–Crippen LogP) is 3.74. The first-order valence-corrected chi connectivity index (χ1v) is 7.42. The van der Waals surface area contributed by atoms with Gasteiger partial charge in [-0.2, -0.15) is 0 Å². The molecule has 1 saturated heterocycles. The van der Waals surface area contributed by atoms with E-state index in [1.54, 1.807) is 25.3 Å². The van der Waals surface area contributed by atoms with E-state index in [0.717, 1.165) is 23.9 Å². The highest BCUT2D eigenvalue weighted by Crippen LogP contribution is 2.27. The van der Waals surface area contributed by atoms with Gasteiger partial charge in [0.2, 0.25) is 0 Å². The van der Waals surface area contributed by atoms with Crippen molar-refractivity contribution in [2.75, 3.05) is 20.2 Å². The molecule has 1 unspecified atom stereocenters. The molecule has 2 rings (SSSR count). The summed E-state index contributed by atoms with van der Waals surface area (Å²) in [6.07, 6.45) is 1.95. The molecule has 1 amide bonds. The van der Waals surface area contributed by atoms with Gasteiger partial charge in [-0.3, -0.25) is 4.79 Å². The molecule has 1 aromatic carbocycles. The smallest absolute Gasteiger partial charge is 0.253 e. The number of benzene rings is 1. The Labute approximate surface area is 127 Å². The van der Waals surface area contributed by atoms with Gasteiger partial charge in [0.15, 0.2) is 0 Å². The minimum atomic E-state index is -0.239. The highest BCUT2D eigenvalue weighted by Gasteiger charge is 2.33. The normalized spacial score (nSPS) is 23.5. The molecule has 0 bridgehead atoms. The summed E-state index contributed by atoms with van der Waals surface area (Å²) in [6.45, 7) is 3.45. The summed E-state index contributed by atoms with van der Waals surface area (Å²) in [5.41, 5.74) is 0.411. The molecule has 0 spiro atoms. The Hall–Kier alpha value is -0.580. The number of nitrogens with zero attached hydrogens (tertiary/aromatic N) is 1. The van der Waals surface area contributed by atoms with Crippen LogP contribution in [0.25, 0.3) is 0 Å². The van der Waals surface area contributed by atoms with Gasteiger partial charge < -0.3 is 9.64 Å². The quantitative estimate of drug-likeness (QED) is 0.816. The van der Waals surface area contributed by atoms with Gasteiger partial charge in [-0.25, -0.2) is 0 Å². The number of methoxy groups -OCH3 is 1. The van der Waals surface area contributed by atoms with Crippen molar-refractivity contribution in [2.45, 2.75) is 25.4 Å². The highest BCUT2D eigenvalue weighted by atomic mass is 79.9. The van der Waals surface area contributed by atoms with Crippen LogP contribution in [0.4, 0.5) is 0 Å². The molecule has 0 radical (unpaired) electrons. The Morgan fingerprint density at radius 2 is 2.26 bits per heavy atom. The second-order valence-corrected chi connectivity index (χ2v) is 6.37. The number of hydrogen-bond donors (Lipinski definition) is 0. The number of amides is 1. The SMILES string of the molecule is COC1(C)CCCN(C(=O)c2ccc(Cl)c(Br)c2)C1. The van der Waals surface area contributed by atoms with Crippen molar-refractivity contribution >= 4 is 33.4 Å². The van der Waals surface area contributed by atoms with Crippen LogP contribution in [0.5, 0.6) is 0 Å². The summed E-state index contributed by atoms with van der Waals surface area (Å²) in [6, 6.07) is 5.26. The van der Waals surface area contributed by atoms with Gasteiger partial charge in [0.1, 0.15) is 0 Å². The van der Waals surface area contributed by atoms with Crippen LogP contribution in [-0.2, 0) is 4.74 Å². The minimum Gasteiger partial charge on any atom is -0.377 e. The van der Waals surface area contributed by atoms with Crippen molar-refractivity contribution in [2.24, 2.45) is 0 Å². The first-order chi connectivity index (χ1) is 8.95. The number of carbonyl (C=O) groups excluding carboxylic acids is 1. The van der Waals surface area contributed by atoms with E-state index < -0.39 is 0 Å². The molecule has 1 aliphatic heterocycles. The summed E-state index contributed by atoms with van der Waals surface area (Å²) in [7, 11) is 1.70. The fraction of sp³-hybridized carbons (Fsp3) is 0.500. The second kappa shape index (κ2) is 5.81. The van der Waals surface area contributed by atoms with Crippen LogP contribution in [0.15, 0.2) is 22.7 Å². The number of carbonyl (C=O) groups is 1. The third-order valence-corrected chi connectivity index (χ3v) is 4.82. The van der Waals surface area contributed by atoms with Crippen molar-refractivity contribution in [3.05, 3.63) is 33.3 Å². The lowest BCUT2D eigenvalue weighted by Gasteiger charge is -2.39. The molecular formula is C14H17BrClNO2. The molecule has 1 aromatic rings. The van der Waals surface area contributed by atoms with E-state index in [2.05, 4.69) is 15.9 Å². The lowest BCUT2D eigenvalue weighted by Crippen LogP contribution is -2.49. The van der Waals surface area contributed by atoms with Crippen molar-refractivity contribution < 1.29 is 9.53 Å². The van der Waals surface area contributed by atoms with Crippen molar-refractivity contribution in [3.8, 4) is 0 Å². The molecule has 3 nitrogen and oxygen atoms in total. The lowest BCUT2D eigenvalue weighted by molar-refractivity contribution is -0.0440. The Morgan fingerprint density at radius 3 is 2.89 bits per heavy atom. The average molecular weight is 347 g/mol. The number of likely N-dealkylation sites (tertiary alicyclic amines) is 1. The first-order valence-electron chi connectivity index (χ1n) is 6.25. The van der Waals surface area contributed by atoms with Crippen LogP contribution < -0.4 is 0 Å². The van der Waals surface area contributed by atoms with Gasteiger partial charge in [-0.15, -0.1) is 0 Å². The third kappa shape index (κ3) is 3.30. The summed E-state index contributed by atoms with van der Waals surface area (Å²) in [5, 5.41) is 0.608. The maximum absolute atomic E-state index is 12.5. The highest BCUT2D eigenvalue weighted by molar-refractivity contribution is 9.10. The molecular weight excluding hydrogens is 330 g/mol. The zero-order valence-corrected chi connectivity index (χ0v) is 13.4. The molecule has 0 aliphatic carbocycles. The molecule has 104 valence electrons. The summed E-state index contributed by atoms with van der Waals surface area (Å²) in [5.74, 6) is 0.0281. The maximum atomic E-state index is 12.5. The molecule has 0 N–H and O–H groups in total. The summed E-state index contributed by atoms with van der Waals surface area (Å²) < 4.78 is 6.26. The summed E-state index contributed by atoms with van der Waals surface area (Å²) >= 11 is 9.29. The summed E-state index contributed by atoms with van der Waals surface area (Å²) in [4.78, 5) is 14.3. The predicted molar refractivity (Wildman–Crippen MR) is 79.7 cm³/mol. The van der Waals surface area contributed by atoms with E-state index in [1.807, 2.05) is 11.8 Å². The topological polar surface area (TPSA) is 29.5 Å². The van der Waals surface area contributed by atoms with Crippen LogP contribution >= 0.6 is 27.5 Å². The van der Waals surface area contributed by atoms with E-state index >= 15 is 0 Å². The number of piperidine rings is 1. The number of ether oxygens (including phenoxy) is 1. The molecule has 1 aliphatic rings. The number of hydrogen-bond acceptors (Lipinski definition) is 2. The largest absolute Gasteiger partial charge is 0.377 e. The van der Waals surface area contributed by atoms with Gasteiger partial charge in [0.05, 0.1) is 10.6 Å². The molecule has 19 heavy (non-hydrogen) atoms. The van der Waals surface area contributed by atoms with Crippen molar-refractivity contribution in [1.29, 1.82) is 0 Å². The van der Waals surface area contributed by atoms with Crippen LogP contribution in [0.3, 0.4) is 0 Å². The van der Waals surface area contributed by atoms with Crippen LogP contribution in [0.2, 0.25) is 5.02 Å². The molecule has 5 heteroatoms. The Morgan fingerprint density at radius 1 is 1.53 bits per heavy atom. The molecule has 1 atom stereocenters. The minimum absolute atomic E-state index is 0.0281. The molecule has 1 heterocycles. The van der Waals surface area contributed by atoms with Crippen LogP contribution in [0, 0.1) is 0 Å². The van der Waals surface area contributed by atoms with E-state index in [0.29, 0.717) is 17.1 Å². The first kappa shape index (κ1) is 14.8. The van der Waals surface area contributed by atoms with Gasteiger partial charge >= 0.3 is 0 Å². The Bertz CT molecular complexity index is 494. The van der Waals surface area contributed by atoms with Gasteiger partial charge in [0.25, 0.3) is 5.91 Å². The molecule has 1 fully saturated rings. The van der Waals surface area contributed by atoms with E-state index in [9.17, 15) is 4.79 Å². The van der Waals surface area contributed by atoms with Crippen molar-refractivity contribution in [3.63, 3.8) is 0 Å². The monoisotopic (exact) mass is 345 g/mol. The number of rotatable bonds is 2. The fourth-order valence-corrected chi connectivity index (χ4v) is 2.85. The van der Waals surface area contributed by atoms with Gasteiger partial charge in [-0.05, 0) is 53.9 Å². The number of halogens is 2. The Balaban J connectivity index is 2.17. The second-order valence-electron chi connectivity index (χ2n) is 5.11. The zero-order valence-electron chi connectivity index (χ0n) is 11.1. The van der Waals surface area contributed by atoms with E-state index in [-0.39, 0.29) is 11.5 Å². The maximum Gasteiger partial charge on any atom is 0.253 e. The van der Waals surface area contributed by atoms with Crippen LogP contribution in [-0.4, -0.2) is 36.6 Å². The fourth-order valence-electron chi connectivity index (χ4n) is 2.36. The average Bonchev–Trinajstić information content (AvgIpc) is 2.41. The standard InChI is InChI=1S/C14H17BrClNO2/c1-14(19-2)6-3-7-17(9-14)13(18)10-4-5-12(16)11(15)8-10/h4-5,8H,3,6-7,9H2,1-2H3. The van der Waals surface area contributed by atoms with Gasteiger partial charge in [-0.1, -0.05) is 11.6 Å². The molecule has 0 saturated carbocycles. The lowest BCUT2D eigenvalue weighted by atomic mass is 9.94. The zero-order chi connectivity index (χ0) is 14.0.